The van der Waals surface area contributed by atoms with Gasteiger partial charge in [0, 0.05) is 30.3 Å². The number of aliphatic hydroxyl groups excluding tert-OH is 1. The minimum Gasteiger partial charge on any atom is -0.400 e. The van der Waals surface area contributed by atoms with Gasteiger partial charge >= 0.3 is 0 Å². The zero-order chi connectivity index (χ0) is 16.2. The lowest BCUT2D eigenvalue weighted by Gasteiger charge is -2.05. The van der Waals surface area contributed by atoms with Crippen molar-refractivity contribution in [2.75, 3.05) is 19.0 Å². The molecule has 2 aromatic rings. The predicted octanol–water partition coefficient (Wildman–Crippen LogP) is 2.97. The summed E-state index contributed by atoms with van der Waals surface area (Å²) in [7, 11) is 1.00. The number of hydrogen-bond donors (Lipinski definition) is 4. The van der Waals surface area contributed by atoms with Crippen LogP contribution in [0.2, 0.25) is 0 Å². The number of fused-ring (bicyclic) bond motifs is 1. The lowest BCUT2D eigenvalue weighted by atomic mass is 10.1. The molecule has 2 unspecified atom stereocenters. The van der Waals surface area contributed by atoms with Gasteiger partial charge in [-0.3, -0.25) is 9.82 Å². The number of ether oxygens (including phenoxy) is 1. The van der Waals surface area contributed by atoms with Crippen molar-refractivity contribution in [3.63, 3.8) is 0 Å². The number of nitrogens with one attached hydrogen (secondary N) is 3. The molecule has 1 aromatic heterocycles. The summed E-state index contributed by atoms with van der Waals surface area (Å²) in [5.74, 6) is 1.46. The Morgan fingerprint density at radius 1 is 1.35 bits per heavy atom. The first kappa shape index (κ1) is 16.3. The van der Waals surface area contributed by atoms with E-state index in [1.54, 1.807) is 11.9 Å². The molecule has 6 nitrogen and oxygen atoms in total. The summed E-state index contributed by atoms with van der Waals surface area (Å²) in [6, 6.07) is 8.44. The highest BCUT2D eigenvalue weighted by Crippen LogP contribution is 2.33. The van der Waals surface area contributed by atoms with Crippen LogP contribution < -0.4 is 10.0 Å². The van der Waals surface area contributed by atoms with E-state index < -0.39 is 0 Å². The van der Waals surface area contributed by atoms with Crippen molar-refractivity contribution in [3.8, 4) is 0 Å². The van der Waals surface area contributed by atoms with Crippen LogP contribution in [-0.4, -0.2) is 29.0 Å². The van der Waals surface area contributed by atoms with Crippen LogP contribution >= 0.6 is 11.9 Å². The highest BCUT2D eigenvalue weighted by Gasteiger charge is 2.25. The van der Waals surface area contributed by atoms with E-state index >= 15 is 0 Å². The molecule has 23 heavy (non-hydrogen) atoms. The van der Waals surface area contributed by atoms with Crippen molar-refractivity contribution in [2.45, 2.75) is 30.9 Å². The van der Waals surface area contributed by atoms with Gasteiger partial charge in [-0.15, -0.1) is 0 Å². The van der Waals surface area contributed by atoms with E-state index in [2.05, 4.69) is 45.4 Å². The summed E-state index contributed by atoms with van der Waals surface area (Å²) < 4.78 is 9.04. The molecule has 4 rings (SSSR count). The fraction of sp³-hybridized carbons (Fsp3) is 0.438. The summed E-state index contributed by atoms with van der Waals surface area (Å²) in [5, 5.41) is 17.8. The lowest BCUT2D eigenvalue weighted by molar-refractivity contribution is 0.105. The van der Waals surface area contributed by atoms with E-state index in [1.807, 2.05) is 6.07 Å². The minimum atomic E-state index is 0.156. The van der Waals surface area contributed by atoms with Gasteiger partial charge in [0.05, 0.1) is 18.4 Å². The number of aliphatic hydroxyl groups is 1. The van der Waals surface area contributed by atoms with Crippen molar-refractivity contribution in [3.05, 3.63) is 35.5 Å². The Kier molecular flexibility index (Phi) is 5.22. The van der Waals surface area contributed by atoms with Crippen molar-refractivity contribution in [1.29, 1.82) is 0 Å². The van der Waals surface area contributed by atoms with Crippen LogP contribution in [0.25, 0.3) is 0 Å². The standard InChI is InChI=1S/C15H18N4OS.CH4O/c1-9-4-13(20-8-9)12-6-15(19-18-12)17-11-2-3-14-10(5-11)7-16-21-14;1-2/h2-3,5-6,9,13,16H,4,7-8H2,1H3,(H2,17,18,19);2H,1H3. The second-order valence-corrected chi connectivity index (χ2v) is 6.67. The molecule has 0 bridgehead atoms. The molecule has 2 atom stereocenters. The lowest BCUT2D eigenvalue weighted by Crippen LogP contribution is -1.95. The van der Waals surface area contributed by atoms with E-state index in [9.17, 15) is 0 Å². The van der Waals surface area contributed by atoms with E-state index in [0.29, 0.717) is 5.92 Å². The van der Waals surface area contributed by atoms with Crippen LogP contribution in [0.1, 0.15) is 30.7 Å². The number of anilines is 2. The number of rotatable bonds is 3. The van der Waals surface area contributed by atoms with Crippen LogP contribution in [0.5, 0.6) is 0 Å². The third-order valence-electron chi connectivity index (χ3n) is 3.92. The molecule has 4 N–H and O–H groups in total. The number of aromatic amines is 1. The molecule has 3 heterocycles. The minimum absolute atomic E-state index is 0.156. The average molecular weight is 334 g/mol. The monoisotopic (exact) mass is 334 g/mol. The molecule has 0 saturated carbocycles. The average Bonchev–Trinajstić information content (AvgIpc) is 3.29. The van der Waals surface area contributed by atoms with Crippen molar-refractivity contribution in [2.24, 2.45) is 5.92 Å². The van der Waals surface area contributed by atoms with Gasteiger partial charge in [-0.1, -0.05) is 6.92 Å². The maximum atomic E-state index is 7.00. The molecule has 7 heteroatoms. The summed E-state index contributed by atoms with van der Waals surface area (Å²) in [6.07, 6.45) is 1.22. The first-order chi connectivity index (χ1) is 11.3. The Balaban J connectivity index is 0.000000753. The molecule has 1 saturated heterocycles. The number of benzene rings is 1. The van der Waals surface area contributed by atoms with Gasteiger partial charge in [0.25, 0.3) is 0 Å². The number of nitrogens with zero attached hydrogens (tertiary/aromatic N) is 1. The zero-order valence-electron chi connectivity index (χ0n) is 13.3. The number of H-pyrrole nitrogens is 1. The number of aromatic nitrogens is 2. The molecule has 0 spiro atoms. The fourth-order valence-corrected chi connectivity index (χ4v) is 3.58. The van der Waals surface area contributed by atoms with Gasteiger partial charge in [0.15, 0.2) is 5.82 Å². The van der Waals surface area contributed by atoms with Crippen LogP contribution in [0.3, 0.4) is 0 Å². The van der Waals surface area contributed by atoms with Gasteiger partial charge in [-0.05, 0) is 48.0 Å². The first-order valence-corrected chi connectivity index (χ1v) is 8.51. The van der Waals surface area contributed by atoms with Gasteiger partial charge in [0.1, 0.15) is 0 Å². The summed E-state index contributed by atoms with van der Waals surface area (Å²) in [4.78, 5) is 1.30. The smallest absolute Gasteiger partial charge is 0.152 e. The van der Waals surface area contributed by atoms with Crippen LogP contribution in [0.15, 0.2) is 29.2 Å². The Labute approximate surface area is 140 Å². The van der Waals surface area contributed by atoms with Crippen LogP contribution in [0, 0.1) is 5.92 Å². The highest BCUT2D eigenvalue weighted by atomic mass is 32.2. The number of hydrogen-bond acceptors (Lipinski definition) is 6. The quantitative estimate of drug-likeness (QED) is 0.646. The van der Waals surface area contributed by atoms with Gasteiger partial charge in [-0.2, -0.15) is 5.10 Å². The summed E-state index contributed by atoms with van der Waals surface area (Å²) in [6.45, 7) is 3.96. The van der Waals surface area contributed by atoms with Gasteiger partial charge in [-0.25, -0.2) is 0 Å². The van der Waals surface area contributed by atoms with Crippen molar-refractivity contribution >= 4 is 23.5 Å². The second kappa shape index (κ2) is 7.35. The van der Waals surface area contributed by atoms with Crippen LogP contribution in [-0.2, 0) is 11.3 Å². The molecule has 0 radical (unpaired) electrons. The van der Waals surface area contributed by atoms with Crippen LogP contribution in [0.4, 0.5) is 11.5 Å². The zero-order valence-corrected chi connectivity index (χ0v) is 14.1. The van der Waals surface area contributed by atoms with Crippen molar-refractivity contribution in [1.82, 2.24) is 14.9 Å². The Hall–Kier alpha value is -1.54. The summed E-state index contributed by atoms with van der Waals surface area (Å²) >= 11 is 1.69. The first-order valence-electron chi connectivity index (χ1n) is 7.69. The van der Waals surface area contributed by atoms with Gasteiger partial charge < -0.3 is 15.2 Å². The van der Waals surface area contributed by atoms with Gasteiger partial charge in [0.2, 0.25) is 0 Å². The highest BCUT2D eigenvalue weighted by molar-refractivity contribution is 7.97. The molecule has 124 valence electrons. The Morgan fingerprint density at radius 3 is 3.00 bits per heavy atom. The van der Waals surface area contributed by atoms with E-state index in [4.69, 9.17) is 9.84 Å². The fourth-order valence-electron chi connectivity index (χ4n) is 2.80. The molecule has 0 aliphatic carbocycles. The third kappa shape index (κ3) is 3.69. The molecule has 1 fully saturated rings. The predicted molar refractivity (Wildman–Crippen MR) is 91.6 cm³/mol. The second-order valence-electron chi connectivity index (χ2n) is 5.74. The maximum Gasteiger partial charge on any atom is 0.152 e. The third-order valence-corrected chi connectivity index (χ3v) is 4.83. The topological polar surface area (TPSA) is 82.2 Å². The van der Waals surface area contributed by atoms with E-state index in [-0.39, 0.29) is 6.10 Å². The van der Waals surface area contributed by atoms with Crippen molar-refractivity contribution < 1.29 is 9.84 Å². The molecular weight excluding hydrogens is 312 g/mol. The molecule has 2 aliphatic rings. The Bertz CT molecular complexity index is 661. The molecule has 2 aliphatic heterocycles. The summed E-state index contributed by atoms with van der Waals surface area (Å²) in [5.41, 5.74) is 3.45. The Morgan fingerprint density at radius 2 is 2.22 bits per heavy atom. The SMILES string of the molecule is CC1COC(c2cc(Nc3ccc4c(c3)CNS4)n[nH]2)C1.CO. The van der Waals surface area contributed by atoms with E-state index in [1.165, 1.54) is 10.5 Å². The molecular formula is C16H22N4O2S. The largest absolute Gasteiger partial charge is 0.400 e. The van der Waals surface area contributed by atoms with E-state index in [0.717, 1.165) is 43.9 Å². The molecule has 1 aromatic carbocycles. The maximum absolute atomic E-state index is 7.00. The molecule has 0 amide bonds. The normalized spacial score (nSPS) is 22.4.